The zero-order valence-corrected chi connectivity index (χ0v) is 32.6. The lowest BCUT2D eigenvalue weighted by atomic mass is 9.65. The second-order valence-corrected chi connectivity index (χ2v) is 16.6. The third-order valence-electron chi connectivity index (χ3n) is 12.3. The molecule has 2 atom stereocenters. The van der Waals surface area contributed by atoms with Crippen molar-refractivity contribution in [3.05, 3.63) is 160 Å². The maximum atomic E-state index is 14.1. The highest BCUT2D eigenvalue weighted by Gasteiger charge is 2.56. The molecule has 318 valence electrons. The number of hydrogen-bond acceptors (Lipinski definition) is 1. The van der Waals surface area contributed by atoms with Crippen LogP contribution >= 0.6 is 0 Å². The van der Waals surface area contributed by atoms with Crippen molar-refractivity contribution in [3.8, 4) is 11.1 Å². The van der Waals surface area contributed by atoms with Crippen molar-refractivity contribution >= 4 is 5.57 Å². The number of nitrogens with zero attached hydrogens (tertiary/aromatic N) is 1. The van der Waals surface area contributed by atoms with Crippen molar-refractivity contribution < 1.29 is 52.7 Å². The van der Waals surface area contributed by atoms with Gasteiger partial charge in [-0.25, -0.2) is 0 Å². The number of hydrogen-bond donors (Lipinski definition) is 0. The van der Waals surface area contributed by atoms with E-state index in [0.717, 1.165) is 27.8 Å². The average Bonchev–Trinajstić information content (AvgIpc) is 3.51. The molecular weight excluding hydrogens is 807 g/mol. The number of rotatable bonds is 11. The molecular formula is C47H41F12N. The first kappa shape index (κ1) is 43.3. The van der Waals surface area contributed by atoms with Crippen LogP contribution < -0.4 is 0 Å². The smallest absolute Gasteiger partial charge is 0.171 e. The molecule has 4 aromatic rings. The molecule has 0 saturated heterocycles. The second-order valence-electron chi connectivity index (χ2n) is 16.6. The van der Waals surface area contributed by atoms with E-state index in [9.17, 15) is 52.7 Å². The summed E-state index contributed by atoms with van der Waals surface area (Å²) in [6.45, 7) is 2.39. The van der Waals surface area contributed by atoms with E-state index in [1.165, 1.54) is 0 Å². The molecule has 0 amide bonds. The van der Waals surface area contributed by atoms with Crippen LogP contribution in [0.3, 0.4) is 0 Å². The molecule has 1 nitrogen and oxygen atoms in total. The molecule has 0 radical (unpaired) electrons. The molecule has 0 saturated carbocycles. The summed E-state index contributed by atoms with van der Waals surface area (Å²) in [6, 6.07) is 29.3. The minimum absolute atomic E-state index is 0.297. The van der Waals surface area contributed by atoms with Crippen LogP contribution in [0, 0.1) is 11.3 Å². The summed E-state index contributed by atoms with van der Waals surface area (Å²) in [4.78, 5) is -1.55. The summed E-state index contributed by atoms with van der Waals surface area (Å²) in [5, 5.41) is 0. The van der Waals surface area contributed by atoms with E-state index >= 15 is 0 Å². The van der Waals surface area contributed by atoms with Gasteiger partial charge in [-0.05, 0) is 99.4 Å². The van der Waals surface area contributed by atoms with Crippen LogP contribution in [0.15, 0.2) is 127 Å². The van der Waals surface area contributed by atoms with Crippen molar-refractivity contribution in [2.75, 3.05) is 6.54 Å². The van der Waals surface area contributed by atoms with Gasteiger partial charge in [0.2, 0.25) is 0 Å². The first-order valence-electron chi connectivity index (χ1n) is 19.5. The van der Waals surface area contributed by atoms with E-state index in [-0.39, 0.29) is 0 Å². The second kappa shape index (κ2) is 15.3. The summed E-state index contributed by atoms with van der Waals surface area (Å²) in [7, 11) is 0. The maximum absolute atomic E-state index is 14.1. The Morgan fingerprint density at radius 1 is 0.550 bits per heavy atom. The van der Waals surface area contributed by atoms with Gasteiger partial charge >= 0.3 is 25.0 Å². The van der Waals surface area contributed by atoms with E-state index in [1.807, 2.05) is 98.8 Å². The fourth-order valence-electron chi connectivity index (χ4n) is 9.59. The summed E-state index contributed by atoms with van der Waals surface area (Å²) in [6.07, 6.45) is -19.3. The summed E-state index contributed by atoms with van der Waals surface area (Å²) in [5.74, 6) is -1.62. The minimum atomic E-state index is -5.86. The van der Waals surface area contributed by atoms with Crippen molar-refractivity contribution in [3.63, 3.8) is 0 Å². The van der Waals surface area contributed by atoms with E-state index in [1.54, 1.807) is 30.3 Å². The van der Waals surface area contributed by atoms with Crippen molar-refractivity contribution in [2.45, 2.75) is 88.2 Å². The Kier molecular flexibility index (Phi) is 11.0. The first-order valence-corrected chi connectivity index (χ1v) is 19.5. The van der Waals surface area contributed by atoms with Crippen molar-refractivity contribution in [2.24, 2.45) is 11.3 Å². The highest BCUT2D eigenvalue weighted by atomic mass is 19.4. The quantitative estimate of drug-likeness (QED) is 0.107. The van der Waals surface area contributed by atoms with Crippen LogP contribution in [0.5, 0.6) is 0 Å². The maximum Gasteiger partial charge on any atom is 0.467 e. The Morgan fingerprint density at radius 2 is 1.10 bits per heavy atom. The van der Waals surface area contributed by atoms with Gasteiger partial charge in [0.1, 0.15) is 0 Å². The Balaban J connectivity index is 1.51. The number of fused-ring (bicyclic) bond motifs is 5. The standard InChI is InChI=1S/C47H41F12N/c1-41(2)21-19-34-36-27-39-35(28-40(36)45(38(34)20-22-41,31-11-5-3-6-12-31)32-13-7-4-8-14-32)33-15-9-10-16-37(33)42(39,25-26-60(46(54,55)56)47(57,58)59)23-17-30(29-44(51,52)53)18-24-43(48,49)50/h3-16,19-22,27-28,30H,17-18,23-26,29H2,1-2H3. The lowest BCUT2D eigenvalue weighted by Gasteiger charge is -2.37. The van der Waals surface area contributed by atoms with Crippen LogP contribution in [0.4, 0.5) is 52.7 Å². The molecule has 0 spiro atoms. The van der Waals surface area contributed by atoms with Gasteiger partial charge in [-0.1, -0.05) is 123 Å². The van der Waals surface area contributed by atoms with Gasteiger partial charge < -0.3 is 0 Å². The van der Waals surface area contributed by atoms with Gasteiger partial charge in [0.15, 0.2) is 0 Å². The Morgan fingerprint density at radius 3 is 1.67 bits per heavy atom. The predicted molar refractivity (Wildman–Crippen MR) is 207 cm³/mol. The van der Waals surface area contributed by atoms with Gasteiger partial charge in [0.05, 0.1) is 5.41 Å². The molecule has 0 bridgehead atoms. The minimum Gasteiger partial charge on any atom is -0.171 e. The van der Waals surface area contributed by atoms with E-state index in [4.69, 9.17) is 0 Å². The van der Waals surface area contributed by atoms with Crippen LogP contribution in [0.25, 0.3) is 16.7 Å². The van der Waals surface area contributed by atoms with Gasteiger partial charge in [0.25, 0.3) is 0 Å². The summed E-state index contributed by atoms with van der Waals surface area (Å²) < 4.78 is 167. The van der Waals surface area contributed by atoms with E-state index < -0.39 is 97.1 Å². The molecule has 2 unspecified atom stereocenters. The fraction of sp³-hybridized carbons (Fsp3) is 0.362. The van der Waals surface area contributed by atoms with Crippen LogP contribution in [-0.2, 0) is 10.8 Å². The molecule has 0 N–H and O–H groups in total. The van der Waals surface area contributed by atoms with Gasteiger partial charge in [-0.3, -0.25) is 0 Å². The molecule has 13 heteroatoms. The molecule has 0 fully saturated rings. The third kappa shape index (κ3) is 8.18. The fourth-order valence-corrected chi connectivity index (χ4v) is 9.59. The number of allylic oxidation sites excluding steroid dienone is 6. The Hall–Kier alpha value is -4.78. The molecule has 60 heavy (non-hydrogen) atoms. The lowest BCUT2D eigenvalue weighted by molar-refractivity contribution is -0.373. The molecule has 0 heterocycles. The monoisotopic (exact) mass is 847 g/mol. The van der Waals surface area contributed by atoms with Gasteiger partial charge in [0, 0.05) is 30.2 Å². The van der Waals surface area contributed by atoms with Gasteiger partial charge in [-0.2, -0.15) is 52.7 Å². The van der Waals surface area contributed by atoms with Crippen molar-refractivity contribution in [1.29, 1.82) is 0 Å². The zero-order valence-electron chi connectivity index (χ0n) is 32.6. The van der Waals surface area contributed by atoms with E-state index in [2.05, 4.69) is 6.08 Å². The van der Waals surface area contributed by atoms with Gasteiger partial charge in [-0.15, -0.1) is 4.90 Å². The Bertz CT molecular complexity index is 2240. The van der Waals surface area contributed by atoms with Crippen molar-refractivity contribution in [1.82, 2.24) is 4.90 Å². The lowest BCUT2D eigenvalue weighted by Crippen LogP contribution is -2.49. The predicted octanol–water partition coefficient (Wildman–Crippen LogP) is 14.6. The van der Waals surface area contributed by atoms with Crippen LogP contribution in [-0.4, -0.2) is 36.4 Å². The number of alkyl halides is 12. The molecule has 7 rings (SSSR count). The first-order chi connectivity index (χ1) is 28.0. The topological polar surface area (TPSA) is 3.24 Å². The molecule has 4 aromatic carbocycles. The largest absolute Gasteiger partial charge is 0.467 e. The summed E-state index contributed by atoms with van der Waals surface area (Å²) in [5.41, 5.74) is 3.09. The Labute approximate surface area is 340 Å². The average molecular weight is 848 g/mol. The normalized spacial score (nSPS) is 19.9. The highest BCUT2D eigenvalue weighted by molar-refractivity contribution is 5.95. The third-order valence-corrected chi connectivity index (χ3v) is 12.3. The summed E-state index contributed by atoms with van der Waals surface area (Å²) >= 11 is 0. The van der Waals surface area contributed by atoms with E-state index in [0.29, 0.717) is 27.8 Å². The highest BCUT2D eigenvalue weighted by Crippen LogP contribution is 2.62. The molecule has 0 aromatic heterocycles. The molecule has 3 aliphatic carbocycles. The van der Waals surface area contributed by atoms with Crippen LogP contribution in [0.2, 0.25) is 0 Å². The SMILES string of the molecule is CC1(C)C=CC2=C(C=C1)C(c1ccccc1)(c1ccccc1)c1cc3c(cc12)C(CCC(CCC(F)(F)F)CC(F)(F)F)(CCN(C(F)(F)F)C(F)(F)F)c1ccccc1-3. The molecule has 0 aliphatic heterocycles. The zero-order chi connectivity index (χ0) is 43.5. The number of benzene rings is 4. The molecule has 3 aliphatic rings. The number of halogens is 12. The van der Waals surface area contributed by atoms with Crippen LogP contribution in [0.1, 0.15) is 85.8 Å².